The minimum absolute atomic E-state index is 0.269. The average Bonchev–Trinajstić information content (AvgIpc) is 2.82. The monoisotopic (exact) mass is 266 g/mol. The molecule has 1 aromatic heterocycles. The van der Waals surface area contributed by atoms with Gasteiger partial charge in [-0.15, -0.1) is 11.3 Å². The molecule has 0 fully saturated rings. The second-order valence-electron chi connectivity index (χ2n) is 4.07. The van der Waals surface area contributed by atoms with Crippen molar-refractivity contribution < 1.29 is 0 Å². The van der Waals surface area contributed by atoms with Gasteiger partial charge in [0.05, 0.1) is 5.51 Å². The summed E-state index contributed by atoms with van der Waals surface area (Å²) in [6.07, 6.45) is 1.91. The molecule has 90 valence electrons. The second-order valence-corrected chi connectivity index (χ2v) is 5.42. The third-order valence-corrected chi connectivity index (χ3v) is 3.92. The molecule has 0 aliphatic carbocycles. The van der Waals surface area contributed by atoms with E-state index in [1.165, 1.54) is 10.4 Å². The molecule has 2 rings (SSSR count). The Hall–Kier alpha value is -0.900. The van der Waals surface area contributed by atoms with Crippen molar-refractivity contribution in [1.29, 1.82) is 0 Å². The van der Waals surface area contributed by atoms with Gasteiger partial charge in [-0.2, -0.15) is 0 Å². The standard InChI is InChI=1S/C13H15ClN2S/c1-9(11-4-3-5-12(14)6-11)16-10(2)13-7-15-8-17-13/h3-10,16H,1-2H3. The van der Waals surface area contributed by atoms with Crippen LogP contribution in [0.5, 0.6) is 0 Å². The van der Waals surface area contributed by atoms with Gasteiger partial charge in [-0.3, -0.25) is 4.98 Å². The quantitative estimate of drug-likeness (QED) is 0.897. The predicted molar refractivity (Wildman–Crippen MR) is 73.5 cm³/mol. The highest BCUT2D eigenvalue weighted by Crippen LogP contribution is 2.23. The van der Waals surface area contributed by atoms with Crippen molar-refractivity contribution in [2.24, 2.45) is 0 Å². The lowest BCUT2D eigenvalue weighted by Crippen LogP contribution is -2.21. The van der Waals surface area contributed by atoms with E-state index in [-0.39, 0.29) is 6.04 Å². The van der Waals surface area contributed by atoms with Gasteiger partial charge in [-0.05, 0) is 31.5 Å². The number of hydrogen-bond acceptors (Lipinski definition) is 3. The molecular weight excluding hydrogens is 252 g/mol. The van der Waals surface area contributed by atoms with Crippen molar-refractivity contribution >= 4 is 22.9 Å². The van der Waals surface area contributed by atoms with Crippen LogP contribution in [0.2, 0.25) is 5.02 Å². The van der Waals surface area contributed by atoms with Crippen LogP contribution >= 0.6 is 22.9 Å². The van der Waals surface area contributed by atoms with Crippen molar-refractivity contribution in [3.05, 3.63) is 51.4 Å². The molecule has 17 heavy (non-hydrogen) atoms. The van der Waals surface area contributed by atoms with Gasteiger partial charge in [0.1, 0.15) is 0 Å². The van der Waals surface area contributed by atoms with E-state index < -0.39 is 0 Å². The average molecular weight is 267 g/mol. The highest BCUT2D eigenvalue weighted by atomic mass is 35.5. The first kappa shape index (κ1) is 12.6. The Labute approximate surface area is 111 Å². The number of benzene rings is 1. The van der Waals surface area contributed by atoms with E-state index in [2.05, 4.69) is 30.2 Å². The maximum absolute atomic E-state index is 5.99. The summed E-state index contributed by atoms with van der Waals surface area (Å²) in [5, 5.41) is 4.32. The van der Waals surface area contributed by atoms with Crippen molar-refractivity contribution in [1.82, 2.24) is 10.3 Å². The SMILES string of the molecule is CC(NC(C)c1cncs1)c1cccc(Cl)c1. The van der Waals surface area contributed by atoms with E-state index in [1.54, 1.807) is 11.3 Å². The van der Waals surface area contributed by atoms with Crippen molar-refractivity contribution in [3.63, 3.8) is 0 Å². The summed E-state index contributed by atoms with van der Waals surface area (Å²) in [5.74, 6) is 0. The van der Waals surface area contributed by atoms with Crippen LogP contribution in [0.1, 0.15) is 36.4 Å². The molecule has 2 unspecified atom stereocenters. The Morgan fingerprint density at radius 2 is 2.12 bits per heavy atom. The Morgan fingerprint density at radius 3 is 2.76 bits per heavy atom. The number of aromatic nitrogens is 1. The molecule has 4 heteroatoms. The summed E-state index contributed by atoms with van der Waals surface area (Å²) in [6.45, 7) is 4.29. The van der Waals surface area contributed by atoms with E-state index in [0.717, 1.165) is 5.02 Å². The number of hydrogen-bond donors (Lipinski definition) is 1. The molecule has 0 radical (unpaired) electrons. The van der Waals surface area contributed by atoms with Crippen LogP contribution in [0, 0.1) is 0 Å². The maximum Gasteiger partial charge on any atom is 0.0794 e. The van der Waals surface area contributed by atoms with Gasteiger partial charge in [0, 0.05) is 28.2 Å². The molecule has 2 nitrogen and oxygen atoms in total. The normalized spacial score (nSPS) is 14.5. The second kappa shape index (κ2) is 5.63. The summed E-state index contributed by atoms with van der Waals surface area (Å²) in [7, 11) is 0. The fourth-order valence-corrected chi connectivity index (χ4v) is 2.60. The van der Waals surface area contributed by atoms with Crippen LogP contribution in [-0.2, 0) is 0 Å². The smallest absolute Gasteiger partial charge is 0.0794 e. The molecule has 0 spiro atoms. The molecule has 0 amide bonds. The molecule has 2 atom stereocenters. The van der Waals surface area contributed by atoms with Crippen LogP contribution in [0.15, 0.2) is 36.0 Å². The van der Waals surface area contributed by atoms with E-state index in [0.29, 0.717) is 6.04 Å². The molecule has 0 bridgehead atoms. The fourth-order valence-electron chi connectivity index (χ4n) is 1.77. The lowest BCUT2D eigenvalue weighted by Gasteiger charge is -2.19. The van der Waals surface area contributed by atoms with Gasteiger partial charge >= 0.3 is 0 Å². The van der Waals surface area contributed by atoms with Gasteiger partial charge < -0.3 is 5.32 Å². The fraction of sp³-hybridized carbons (Fsp3) is 0.308. The zero-order valence-corrected chi connectivity index (χ0v) is 11.4. The molecule has 0 aliphatic heterocycles. The van der Waals surface area contributed by atoms with Crippen LogP contribution in [0.25, 0.3) is 0 Å². The molecule has 0 aliphatic rings. The van der Waals surface area contributed by atoms with Crippen LogP contribution in [0.4, 0.5) is 0 Å². The van der Waals surface area contributed by atoms with Gasteiger partial charge in [-0.25, -0.2) is 0 Å². The Kier molecular flexibility index (Phi) is 4.15. The van der Waals surface area contributed by atoms with E-state index in [4.69, 9.17) is 11.6 Å². The summed E-state index contributed by atoms with van der Waals surface area (Å²) in [5.41, 5.74) is 3.06. The lowest BCUT2D eigenvalue weighted by atomic mass is 10.1. The summed E-state index contributed by atoms with van der Waals surface area (Å²) < 4.78 is 0. The van der Waals surface area contributed by atoms with Crippen LogP contribution in [0.3, 0.4) is 0 Å². The molecular formula is C13H15ClN2S. The molecule has 1 N–H and O–H groups in total. The molecule has 2 aromatic rings. The number of thiazole rings is 1. The topological polar surface area (TPSA) is 24.9 Å². The highest BCUT2D eigenvalue weighted by molar-refractivity contribution is 7.09. The number of nitrogens with one attached hydrogen (secondary N) is 1. The first-order valence-electron chi connectivity index (χ1n) is 5.56. The van der Waals surface area contributed by atoms with E-state index in [1.807, 2.05) is 29.9 Å². The number of nitrogens with zero attached hydrogens (tertiary/aromatic N) is 1. The Bertz CT molecular complexity index is 470. The van der Waals surface area contributed by atoms with Gasteiger partial charge in [0.25, 0.3) is 0 Å². The van der Waals surface area contributed by atoms with Crippen molar-refractivity contribution in [2.75, 3.05) is 0 Å². The predicted octanol–water partition coefficient (Wildman–Crippen LogP) is 4.21. The first-order valence-corrected chi connectivity index (χ1v) is 6.82. The van der Waals surface area contributed by atoms with E-state index in [9.17, 15) is 0 Å². The maximum atomic E-state index is 5.99. The summed E-state index contributed by atoms with van der Waals surface area (Å²) in [4.78, 5) is 5.34. The summed E-state index contributed by atoms with van der Waals surface area (Å²) in [6, 6.07) is 8.53. The molecule has 0 saturated heterocycles. The van der Waals surface area contributed by atoms with Crippen molar-refractivity contribution in [3.8, 4) is 0 Å². The minimum atomic E-state index is 0.269. The molecule has 1 heterocycles. The molecule has 1 aromatic carbocycles. The minimum Gasteiger partial charge on any atom is -0.303 e. The Balaban J connectivity index is 2.04. The van der Waals surface area contributed by atoms with Gasteiger partial charge in [-0.1, -0.05) is 23.7 Å². The highest BCUT2D eigenvalue weighted by Gasteiger charge is 2.12. The first-order chi connectivity index (χ1) is 8.16. The van der Waals surface area contributed by atoms with Crippen LogP contribution in [-0.4, -0.2) is 4.98 Å². The Morgan fingerprint density at radius 1 is 1.29 bits per heavy atom. The van der Waals surface area contributed by atoms with Gasteiger partial charge in [0.15, 0.2) is 0 Å². The number of halogens is 1. The zero-order chi connectivity index (χ0) is 12.3. The largest absolute Gasteiger partial charge is 0.303 e. The number of rotatable bonds is 4. The van der Waals surface area contributed by atoms with E-state index >= 15 is 0 Å². The van der Waals surface area contributed by atoms with Gasteiger partial charge in [0.2, 0.25) is 0 Å². The van der Waals surface area contributed by atoms with Crippen molar-refractivity contribution in [2.45, 2.75) is 25.9 Å². The molecule has 0 saturated carbocycles. The lowest BCUT2D eigenvalue weighted by molar-refractivity contribution is 0.499. The third-order valence-electron chi connectivity index (χ3n) is 2.73. The third kappa shape index (κ3) is 3.28. The van der Waals surface area contributed by atoms with Crippen LogP contribution < -0.4 is 5.32 Å². The summed E-state index contributed by atoms with van der Waals surface area (Å²) >= 11 is 7.66. The zero-order valence-electron chi connectivity index (χ0n) is 9.85.